The minimum Gasteiger partial charge on any atom is -0.460 e. The van der Waals surface area contributed by atoms with E-state index in [-0.39, 0.29) is 36.3 Å². The topological polar surface area (TPSA) is 161 Å². The molecule has 0 bridgehead atoms. The monoisotopic (exact) mass is 807 g/mol. The molecule has 2 fully saturated rings. The third-order valence-corrected chi connectivity index (χ3v) is 10.4. The average Bonchev–Trinajstić information content (AvgIpc) is 3.88. The van der Waals surface area contributed by atoms with Crippen molar-refractivity contribution in [2.24, 2.45) is 0 Å². The molecule has 13 heteroatoms. The van der Waals surface area contributed by atoms with Crippen LogP contribution in [0.3, 0.4) is 0 Å². The van der Waals surface area contributed by atoms with Crippen LogP contribution in [0.2, 0.25) is 0 Å². The number of aliphatic hydroxyl groups is 1. The van der Waals surface area contributed by atoms with E-state index in [1.54, 1.807) is 71.3 Å². The molecule has 0 spiro atoms. The summed E-state index contributed by atoms with van der Waals surface area (Å²) in [5.41, 5.74) is 1.71. The van der Waals surface area contributed by atoms with Crippen LogP contribution in [0, 0.1) is 0 Å². The number of likely N-dealkylation sites (tertiary alicyclic amines) is 1. The first-order valence-corrected chi connectivity index (χ1v) is 20.0. The molecule has 2 N–H and O–H groups in total. The van der Waals surface area contributed by atoms with Gasteiger partial charge in [-0.15, -0.1) is 0 Å². The molecule has 2 aliphatic heterocycles. The molecule has 6 rings (SSSR count). The predicted octanol–water partition coefficient (Wildman–Crippen LogP) is 4.92. The Morgan fingerprint density at radius 1 is 0.949 bits per heavy atom. The van der Waals surface area contributed by atoms with Gasteiger partial charge in [0.05, 0.1) is 18.2 Å². The number of esters is 2. The molecule has 5 atom stereocenters. The van der Waals surface area contributed by atoms with Crippen molar-refractivity contribution in [2.45, 2.75) is 94.7 Å². The summed E-state index contributed by atoms with van der Waals surface area (Å²) in [4.78, 5) is 70.0. The highest BCUT2D eigenvalue weighted by Crippen LogP contribution is 2.47. The van der Waals surface area contributed by atoms with Crippen LogP contribution in [-0.2, 0) is 43.9 Å². The van der Waals surface area contributed by atoms with Crippen LogP contribution in [0.1, 0.15) is 79.9 Å². The fourth-order valence-electron chi connectivity index (χ4n) is 7.58. The van der Waals surface area contributed by atoms with Crippen LogP contribution >= 0.6 is 0 Å². The molecule has 1 aliphatic carbocycles. The lowest BCUT2D eigenvalue weighted by Crippen LogP contribution is -2.51. The molecule has 312 valence electrons. The van der Waals surface area contributed by atoms with E-state index in [0.29, 0.717) is 36.1 Å². The number of hydrogen-bond donors (Lipinski definition) is 2. The van der Waals surface area contributed by atoms with Crippen molar-refractivity contribution in [3.63, 3.8) is 0 Å². The SMILES string of the molecule is CN(C)C(=O)C=Cc1ccccc1C(=O)OC1CC(C(=O)N2CCCC2C(=O)NC(CO)CCC(=O)OC(C)(C)C)=CC2OC(c3ccccc3)(c3ccccc3)OC21. The normalized spacial score (nSPS) is 21.6. The molecule has 13 nitrogen and oxygen atoms in total. The van der Waals surface area contributed by atoms with Crippen molar-refractivity contribution in [3.8, 4) is 0 Å². The summed E-state index contributed by atoms with van der Waals surface area (Å²) in [6, 6.07) is 24.0. The fraction of sp³-hybridized carbons (Fsp3) is 0.413. The van der Waals surface area contributed by atoms with E-state index in [9.17, 15) is 29.1 Å². The van der Waals surface area contributed by atoms with Gasteiger partial charge >= 0.3 is 11.9 Å². The molecule has 5 unspecified atom stereocenters. The first-order chi connectivity index (χ1) is 28.2. The Balaban J connectivity index is 1.28. The van der Waals surface area contributed by atoms with Crippen LogP contribution in [-0.4, -0.2) is 108 Å². The number of nitrogens with one attached hydrogen (secondary N) is 1. The van der Waals surface area contributed by atoms with E-state index < -0.39 is 72.1 Å². The van der Waals surface area contributed by atoms with E-state index >= 15 is 0 Å². The minimum atomic E-state index is -1.42. The number of fused-ring (bicyclic) bond motifs is 1. The van der Waals surface area contributed by atoms with E-state index in [2.05, 4.69) is 5.32 Å². The predicted molar refractivity (Wildman–Crippen MR) is 218 cm³/mol. The summed E-state index contributed by atoms with van der Waals surface area (Å²) in [6.45, 7) is 5.19. The van der Waals surface area contributed by atoms with Crippen molar-refractivity contribution in [2.75, 3.05) is 27.2 Å². The Kier molecular flexibility index (Phi) is 13.5. The van der Waals surface area contributed by atoms with Gasteiger partial charge in [-0.05, 0) is 63.8 Å². The first-order valence-electron chi connectivity index (χ1n) is 20.0. The van der Waals surface area contributed by atoms with Gasteiger partial charge in [-0.3, -0.25) is 19.2 Å². The summed E-state index contributed by atoms with van der Waals surface area (Å²) < 4.78 is 25.4. The third kappa shape index (κ3) is 10.2. The van der Waals surface area contributed by atoms with Crippen molar-refractivity contribution < 1.29 is 48.0 Å². The minimum absolute atomic E-state index is 0.00384. The van der Waals surface area contributed by atoms with Crippen molar-refractivity contribution in [3.05, 3.63) is 125 Å². The third-order valence-electron chi connectivity index (χ3n) is 10.4. The maximum absolute atomic E-state index is 14.6. The maximum Gasteiger partial charge on any atom is 0.339 e. The Labute approximate surface area is 344 Å². The second-order valence-corrected chi connectivity index (χ2v) is 16.2. The maximum atomic E-state index is 14.6. The molecule has 3 aromatic rings. The highest BCUT2D eigenvalue weighted by Gasteiger charge is 2.55. The zero-order valence-electron chi connectivity index (χ0n) is 34.2. The molecule has 0 aromatic heterocycles. The van der Waals surface area contributed by atoms with Gasteiger partial charge < -0.3 is 39.2 Å². The zero-order valence-corrected chi connectivity index (χ0v) is 34.2. The first kappa shape index (κ1) is 43.0. The zero-order chi connectivity index (χ0) is 42.3. The lowest BCUT2D eigenvalue weighted by molar-refractivity contribution is -0.157. The van der Waals surface area contributed by atoms with Gasteiger partial charge in [-0.25, -0.2) is 4.79 Å². The van der Waals surface area contributed by atoms with Gasteiger partial charge in [-0.2, -0.15) is 0 Å². The Hall–Kier alpha value is -5.63. The summed E-state index contributed by atoms with van der Waals surface area (Å²) in [5.74, 6) is -3.65. The van der Waals surface area contributed by atoms with Gasteiger partial charge in [0.25, 0.3) is 0 Å². The van der Waals surface area contributed by atoms with Crippen molar-refractivity contribution in [1.82, 2.24) is 15.1 Å². The van der Waals surface area contributed by atoms with Gasteiger partial charge in [0.15, 0.2) is 0 Å². The van der Waals surface area contributed by atoms with E-state index in [4.69, 9.17) is 18.9 Å². The Morgan fingerprint density at radius 3 is 2.22 bits per heavy atom. The molecule has 0 radical (unpaired) electrons. The van der Waals surface area contributed by atoms with Crippen LogP contribution in [0.4, 0.5) is 0 Å². The lowest BCUT2D eigenvalue weighted by atomic mass is 9.91. The Morgan fingerprint density at radius 2 is 1.59 bits per heavy atom. The van der Waals surface area contributed by atoms with Gasteiger partial charge in [0.1, 0.15) is 30.0 Å². The second-order valence-electron chi connectivity index (χ2n) is 16.2. The summed E-state index contributed by atoms with van der Waals surface area (Å²) in [6.07, 6.45) is 3.01. The fourth-order valence-corrected chi connectivity index (χ4v) is 7.58. The highest BCUT2D eigenvalue weighted by molar-refractivity contribution is 5.99. The number of ether oxygens (including phenoxy) is 4. The van der Waals surface area contributed by atoms with Crippen LogP contribution in [0.25, 0.3) is 6.08 Å². The molecule has 3 aromatic carbocycles. The Bertz CT molecular complexity index is 2020. The largest absolute Gasteiger partial charge is 0.460 e. The summed E-state index contributed by atoms with van der Waals surface area (Å²) in [5, 5.41) is 12.9. The lowest BCUT2D eigenvalue weighted by Gasteiger charge is -2.33. The van der Waals surface area contributed by atoms with Crippen LogP contribution < -0.4 is 5.32 Å². The quantitative estimate of drug-likeness (QED) is 0.179. The molecular formula is C46H53N3O10. The van der Waals surface area contributed by atoms with E-state index in [0.717, 1.165) is 0 Å². The molecule has 3 aliphatic rings. The second kappa shape index (κ2) is 18.5. The van der Waals surface area contributed by atoms with Gasteiger partial charge in [0, 0.05) is 56.3 Å². The number of carbonyl (C=O) groups is 5. The summed E-state index contributed by atoms with van der Waals surface area (Å²) in [7, 11) is 3.26. The number of benzene rings is 3. The molecule has 0 saturated carbocycles. The van der Waals surface area contributed by atoms with Crippen molar-refractivity contribution in [1.29, 1.82) is 0 Å². The number of likely N-dealkylation sites (N-methyl/N-ethyl adjacent to an activating group) is 1. The molecule has 59 heavy (non-hydrogen) atoms. The summed E-state index contributed by atoms with van der Waals surface area (Å²) >= 11 is 0. The molecular weight excluding hydrogens is 755 g/mol. The van der Waals surface area contributed by atoms with E-state index in [1.165, 1.54) is 15.9 Å². The number of hydrogen-bond acceptors (Lipinski definition) is 10. The number of rotatable bonds is 13. The smallest absolute Gasteiger partial charge is 0.339 e. The average molecular weight is 808 g/mol. The standard InChI is InChI=1S/C46H53N3O10/c1-45(2,3)58-40(52)25-23-34(29-50)47-42(53)36-21-14-26-49(36)43(54)31-27-37(56-44(55)35-20-13-12-15-30(35)22-24-39(51)48(4)5)41-38(28-31)57-46(59-41,32-16-8-6-9-17-32)33-18-10-7-11-19-33/h6-13,15-20,22,24,28,34,36-38,41,50H,14,21,23,25-27,29H2,1-5H3,(H,47,53). The molecule has 2 saturated heterocycles. The molecule has 3 amide bonds. The number of nitrogens with zero attached hydrogens (tertiary/aromatic N) is 2. The number of aliphatic hydroxyl groups excluding tert-OH is 1. The number of amides is 3. The van der Waals surface area contributed by atoms with Gasteiger partial charge in [0.2, 0.25) is 23.5 Å². The van der Waals surface area contributed by atoms with Crippen LogP contribution in [0.5, 0.6) is 0 Å². The van der Waals surface area contributed by atoms with E-state index in [1.807, 2.05) is 60.7 Å². The highest BCUT2D eigenvalue weighted by atomic mass is 16.8. The van der Waals surface area contributed by atoms with Gasteiger partial charge in [-0.1, -0.05) is 78.9 Å². The number of carbonyl (C=O) groups excluding carboxylic acids is 5. The molecule has 2 heterocycles. The van der Waals surface area contributed by atoms with Crippen molar-refractivity contribution >= 4 is 35.7 Å². The van der Waals surface area contributed by atoms with Crippen LogP contribution in [0.15, 0.2) is 103 Å².